The van der Waals surface area contributed by atoms with E-state index in [4.69, 9.17) is 0 Å². The third-order valence-electron chi connectivity index (χ3n) is 3.78. The van der Waals surface area contributed by atoms with Gasteiger partial charge in [-0.1, -0.05) is 76.3 Å². The molecule has 0 saturated carbocycles. The molecule has 1 rings (SSSR count). The average molecular weight is 261 g/mol. The summed E-state index contributed by atoms with van der Waals surface area (Å²) in [6.07, 6.45) is 10.6. The third kappa shape index (κ3) is 8.05. The summed E-state index contributed by atoms with van der Waals surface area (Å²) in [5, 5.41) is 3.71. The van der Waals surface area contributed by atoms with Gasteiger partial charge in [-0.25, -0.2) is 0 Å². The predicted octanol–water partition coefficient (Wildman–Crippen LogP) is 4.96. The minimum atomic E-state index is 0.637. The molecule has 0 spiro atoms. The van der Waals surface area contributed by atoms with E-state index in [0.717, 1.165) is 6.42 Å². The maximum Gasteiger partial charge on any atom is 0.0105 e. The number of unbranched alkanes of at least 4 members (excludes halogenated alkanes) is 5. The normalized spacial score (nSPS) is 12.5. The molecule has 1 atom stereocenters. The Morgan fingerprint density at radius 3 is 2.26 bits per heavy atom. The topological polar surface area (TPSA) is 12.0 Å². The Hall–Kier alpha value is -0.820. The van der Waals surface area contributed by atoms with Crippen LogP contribution in [0, 0.1) is 0 Å². The Labute approximate surface area is 119 Å². The molecule has 1 unspecified atom stereocenters. The van der Waals surface area contributed by atoms with Gasteiger partial charge in [-0.15, -0.1) is 0 Å². The zero-order chi connectivity index (χ0) is 13.8. The van der Waals surface area contributed by atoms with Crippen molar-refractivity contribution in [2.75, 3.05) is 6.54 Å². The molecule has 1 nitrogen and oxygen atoms in total. The number of benzene rings is 1. The van der Waals surface area contributed by atoms with E-state index in [-0.39, 0.29) is 0 Å². The van der Waals surface area contributed by atoms with E-state index in [9.17, 15) is 0 Å². The van der Waals surface area contributed by atoms with Crippen LogP contribution < -0.4 is 5.32 Å². The van der Waals surface area contributed by atoms with Gasteiger partial charge in [-0.2, -0.15) is 0 Å². The van der Waals surface area contributed by atoms with Crippen LogP contribution in [0.4, 0.5) is 0 Å². The van der Waals surface area contributed by atoms with Crippen molar-refractivity contribution in [3.63, 3.8) is 0 Å². The first-order valence-corrected chi connectivity index (χ1v) is 8.14. The van der Waals surface area contributed by atoms with Crippen molar-refractivity contribution in [1.82, 2.24) is 5.32 Å². The molecule has 0 heterocycles. The zero-order valence-electron chi connectivity index (χ0n) is 12.8. The van der Waals surface area contributed by atoms with Crippen LogP contribution in [0.3, 0.4) is 0 Å². The molecule has 0 amide bonds. The quantitative estimate of drug-likeness (QED) is 0.555. The maximum atomic E-state index is 3.71. The smallest absolute Gasteiger partial charge is 0.0105 e. The summed E-state index contributed by atoms with van der Waals surface area (Å²) in [4.78, 5) is 0. The highest BCUT2D eigenvalue weighted by Crippen LogP contribution is 2.07. The van der Waals surface area contributed by atoms with Crippen LogP contribution in [0.25, 0.3) is 0 Å². The summed E-state index contributed by atoms with van der Waals surface area (Å²) < 4.78 is 0. The van der Waals surface area contributed by atoms with Crippen LogP contribution in [0.5, 0.6) is 0 Å². The molecule has 1 heteroatoms. The monoisotopic (exact) mass is 261 g/mol. The molecule has 0 radical (unpaired) electrons. The van der Waals surface area contributed by atoms with E-state index in [0.29, 0.717) is 6.04 Å². The molecule has 108 valence electrons. The van der Waals surface area contributed by atoms with Crippen LogP contribution in [-0.2, 0) is 6.42 Å². The second-order valence-electron chi connectivity index (χ2n) is 5.52. The lowest BCUT2D eigenvalue weighted by Crippen LogP contribution is -2.31. The van der Waals surface area contributed by atoms with Crippen molar-refractivity contribution in [1.29, 1.82) is 0 Å². The Morgan fingerprint density at radius 2 is 1.58 bits per heavy atom. The molecule has 0 saturated heterocycles. The first-order valence-electron chi connectivity index (χ1n) is 8.14. The average Bonchev–Trinajstić information content (AvgIpc) is 2.46. The van der Waals surface area contributed by atoms with Crippen LogP contribution in [0.1, 0.15) is 64.4 Å². The van der Waals surface area contributed by atoms with Gasteiger partial charge < -0.3 is 5.32 Å². The lowest BCUT2D eigenvalue weighted by atomic mass is 10.0. The van der Waals surface area contributed by atoms with E-state index >= 15 is 0 Å². The number of hydrogen-bond donors (Lipinski definition) is 1. The fourth-order valence-corrected chi connectivity index (χ4v) is 2.47. The predicted molar refractivity (Wildman–Crippen MR) is 85.6 cm³/mol. The van der Waals surface area contributed by atoms with Gasteiger partial charge in [-0.05, 0) is 31.4 Å². The van der Waals surface area contributed by atoms with Gasteiger partial charge >= 0.3 is 0 Å². The molecule has 0 aliphatic rings. The van der Waals surface area contributed by atoms with Gasteiger partial charge in [0.15, 0.2) is 0 Å². The maximum absolute atomic E-state index is 3.71. The second-order valence-corrected chi connectivity index (χ2v) is 5.52. The lowest BCUT2D eigenvalue weighted by Gasteiger charge is -2.17. The van der Waals surface area contributed by atoms with Crippen molar-refractivity contribution in [3.8, 4) is 0 Å². The largest absolute Gasteiger partial charge is 0.314 e. The minimum absolute atomic E-state index is 0.637. The molecule has 19 heavy (non-hydrogen) atoms. The van der Waals surface area contributed by atoms with Gasteiger partial charge in [0.2, 0.25) is 0 Å². The van der Waals surface area contributed by atoms with E-state index < -0.39 is 0 Å². The van der Waals surface area contributed by atoms with Crippen molar-refractivity contribution in [2.45, 2.75) is 71.3 Å². The lowest BCUT2D eigenvalue weighted by molar-refractivity contribution is 0.475. The molecule has 1 aromatic carbocycles. The zero-order valence-corrected chi connectivity index (χ0v) is 12.8. The fourth-order valence-electron chi connectivity index (χ4n) is 2.47. The van der Waals surface area contributed by atoms with Crippen molar-refractivity contribution in [2.24, 2.45) is 0 Å². The number of hydrogen-bond acceptors (Lipinski definition) is 1. The molecular weight excluding hydrogens is 230 g/mol. The van der Waals surface area contributed by atoms with Gasteiger partial charge in [0.25, 0.3) is 0 Å². The summed E-state index contributed by atoms with van der Waals surface area (Å²) in [6.45, 7) is 5.73. The van der Waals surface area contributed by atoms with Gasteiger partial charge in [0, 0.05) is 6.04 Å². The fraction of sp³-hybridized carbons (Fsp3) is 0.667. The van der Waals surface area contributed by atoms with E-state index in [2.05, 4.69) is 49.5 Å². The van der Waals surface area contributed by atoms with E-state index in [1.54, 1.807) is 0 Å². The SMILES string of the molecule is CCCCCCCCNC(CC)Cc1ccccc1. The first-order chi connectivity index (χ1) is 9.36. The molecule has 0 aliphatic carbocycles. The van der Waals surface area contributed by atoms with Crippen molar-refractivity contribution >= 4 is 0 Å². The molecule has 0 fully saturated rings. The number of rotatable bonds is 11. The first kappa shape index (κ1) is 16.2. The van der Waals surface area contributed by atoms with Crippen molar-refractivity contribution in [3.05, 3.63) is 35.9 Å². The third-order valence-corrected chi connectivity index (χ3v) is 3.78. The molecular formula is C18H31N. The van der Waals surface area contributed by atoms with Crippen LogP contribution >= 0.6 is 0 Å². The molecule has 1 aromatic rings. The summed E-state index contributed by atoms with van der Waals surface area (Å²) in [5.41, 5.74) is 1.45. The number of nitrogens with one attached hydrogen (secondary N) is 1. The van der Waals surface area contributed by atoms with E-state index in [1.165, 1.54) is 57.1 Å². The summed E-state index contributed by atoms with van der Waals surface area (Å²) in [5.74, 6) is 0. The van der Waals surface area contributed by atoms with Crippen LogP contribution in [-0.4, -0.2) is 12.6 Å². The van der Waals surface area contributed by atoms with E-state index in [1.807, 2.05) is 0 Å². The van der Waals surface area contributed by atoms with Gasteiger partial charge in [0.05, 0.1) is 0 Å². The molecule has 0 aliphatic heterocycles. The molecule has 1 N–H and O–H groups in total. The second kappa shape index (κ2) is 11.0. The summed E-state index contributed by atoms with van der Waals surface area (Å²) >= 11 is 0. The standard InChI is InChI=1S/C18H31N/c1-3-5-6-7-8-12-15-19-18(4-2)16-17-13-10-9-11-14-17/h9-11,13-14,18-19H,3-8,12,15-16H2,1-2H3. The Balaban J connectivity index is 2.09. The highest BCUT2D eigenvalue weighted by atomic mass is 14.9. The van der Waals surface area contributed by atoms with Gasteiger partial charge in [-0.3, -0.25) is 0 Å². The highest BCUT2D eigenvalue weighted by molar-refractivity contribution is 5.15. The van der Waals surface area contributed by atoms with Crippen LogP contribution in [0.2, 0.25) is 0 Å². The Morgan fingerprint density at radius 1 is 0.895 bits per heavy atom. The minimum Gasteiger partial charge on any atom is -0.314 e. The summed E-state index contributed by atoms with van der Waals surface area (Å²) in [7, 11) is 0. The van der Waals surface area contributed by atoms with Gasteiger partial charge in [0.1, 0.15) is 0 Å². The molecule has 0 aromatic heterocycles. The highest BCUT2D eigenvalue weighted by Gasteiger charge is 2.05. The van der Waals surface area contributed by atoms with Crippen LogP contribution in [0.15, 0.2) is 30.3 Å². The Kier molecular flexibility index (Phi) is 9.44. The summed E-state index contributed by atoms with van der Waals surface area (Å²) in [6, 6.07) is 11.5. The Bertz CT molecular complexity index is 294. The molecule has 0 bridgehead atoms. The van der Waals surface area contributed by atoms with Crippen molar-refractivity contribution < 1.29 is 0 Å².